The molecule has 4 heteroatoms. The maximum Gasteiger partial charge on any atom is 0.148 e. The van der Waals surface area contributed by atoms with Crippen LogP contribution in [0.3, 0.4) is 0 Å². The van der Waals surface area contributed by atoms with E-state index in [0.717, 1.165) is 11.5 Å². The molecule has 2 rings (SSSR count). The molecular formula is C15H26N4. The van der Waals surface area contributed by atoms with E-state index in [0.29, 0.717) is 12.1 Å². The Morgan fingerprint density at radius 1 is 1.00 bits per heavy atom. The van der Waals surface area contributed by atoms with E-state index in [9.17, 15) is 0 Å². The van der Waals surface area contributed by atoms with Crippen LogP contribution in [0, 0.1) is 0 Å². The maximum absolute atomic E-state index is 4.32. The van der Waals surface area contributed by atoms with Gasteiger partial charge in [0.05, 0.1) is 5.69 Å². The highest BCUT2D eigenvalue weighted by molar-refractivity contribution is 5.35. The minimum atomic E-state index is 0.0659. The molecule has 0 spiro atoms. The highest BCUT2D eigenvalue weighted by Crippen LogP contribution is 2.23. The number of nitrogens with one attached hydrogen (secondary N) is 2. The quantitative estimate of drug-likeness (QED) is 0.879. The van der Waals surface area contributed by atoms with E-state index in [1.54, 1.807) is 0 Å². The van der Waals surface area contributed by atoms with Crippen molar-refractivity contribution in [1.82, 2.24) is 15.5 Å². The normalized spacial score (nSPS) is 24.2. The Balaban J connectivity index is 1.90. The summed E-state index contributed by atoms with van der Waals surface area (Å²) in [6.07, 6.45) is 4.88. The molecule has 0 unspecified atom stereocenters. The van der Waals surface area contributed by atoms with Gasteiger partial charge >= 0.3 is 0 Å². The number of anilines is 1. The fourth-order valence-corrected chi connectivity index (χ4v) is 2.54. The zero-order valence-electron chi connectivity index (χ0n) is 12.5. The van der Waals surface area contributed by atoms with E-state index in [4.69, 9.17) is 0 Å². The molecule has 4 nitrogen and oxygen atoms in total. The molecule has 106 valence electrons. The number of rotatable bonds is 3. The Morgan fingerprint density at radius 3 is 2.11 bits per heavy atom. The van der Waals surface area contributed by atoms with E-state index in [1.165, 1.54) is 25.7 Å². The van der Waals surface area contributed by atoms with Gasteiger partial charge in [-0.15, -0.1) is 5.10 Å². The van der Waals surface area contributed by atoms with Crippen molar-refractivity contribution in [3.8, 4) is 0 Å². The molecule has 1 aliphatic carbocycles. The van der Waals surface area contributed by atoms with Crippen LogP contribution < -0.4 is 10.6 Å². The molecule has 2 N–H and O–H groups in total. The first kappa shape index (κ1) is 14.3. The van der Waals surface area contributed by atoms with Crippen molar-refractivity contribution in [2.75, 3.05) is 12.4 Å². The molecule has 1 aliphatic rings. The number of aromatic nitrogens is 2. The van der Waals surface area contributed by atoms with E-state index in [2.05, 4.69) is 60.8 Å². The van der Waals surface area contributed by atoms with Crippen LogP contribution in [0.25, 0.3) is 0 Å². The Bertz CT molecular complexity index is 386. The van der Waals surface area contributed by atoms with Gasteiger partial charge in [0.2, 0.25) is 0 Å². The molecule has 0 atom stereocenters. The number of nitrogens with zero attached hydrogens (tertiary/aromatic N) is 2. The summed E-state index contributed by atoms with van der Waals surface area (Å²) in [6.45, 7) is 6.47. The van der Waals surface area contributed by atoms with Crippen molar-refractivity contribution in [3.63, 3.8) is 0 Å². The monoisotopic (exact) mass is 262 g/mol. The fraction of sp³-hybridized carbons (Fsp3) is 0.733. The van der Waals surface area contributed by atoms with Crippen LogP contribution in [-0.4, -0.2) is 29.3 Å². The maximum atomic E-state index is 4.32. The number of hydrogen-bond donors (Lipinski definition) is 2. The predicted octanol–water partition coefficient (Wildman–Crippen LogP) is 2.72. The van der Waals surface area contributed by atoms with Gasteiger partial charge in [0.15, 0.2) is 0 Å². The van der Waals surface area contributed by atoms with Gasteiger partial charge in [-0.3, -0.25) is 0 Å². The highest BCUT2D eigenvalue weighted by Gasteiger charge is 2.20. The van der Waals surface area contributed by atoms with Crippen molar-refractivity contribution in [2.24, 2.45) is 0 Å². The second-order valence-electron chi connectivity index (χ2n) is 6.54. The summed E-state index contributed by atoms with van der Waals surface area (Å²) in [4.78, 5) is 0. The minimum absolute atomic E-state index is 0.0659. The topological polar surface area (TPSA) is 49.8 Å². The van der Waals surface area contributed by atoms with Gasteiger partial charge in [-0.25, -0.2) is 0 Å². The lowest BCUT2D eigenvalue weighted by Gasteiger charge is -2.29. The summed E-state index contributed by atoms with van der Waals surface area (Å²) in [7, 11) is 2.05. The van der Waals surface area contributed by atoms with Crippen molar-refractivity contribution in [2.45, 2.75) is 64.0 Å². The first-order chi connectivity index (χ1) is 8.99. The minimum Gasteiger partial charge on any atom is -0.366 e. The average molecular weight is 262 g/mol. The van der Waals surface area contributed by atoms with Gasteiger partial charge in [0.25, 0.3) is 0 Å². The molecular weight excluding hydrogens is 236 g/mol. The Hall–Kier alpha value is -1.16. The van der Waals surface area contributed by atoms with Crippen LogP contribution in [-0.2, 0) is 5.41 Å². The third-order valence-electron chi connectivity index (χ3n) is 3.92. The second-order valence-corrected chi connectivity index (χ2v) is 6.54. The van der Waals surface area contributed by atoms with Gasteiger partial charge in [-0.2, -0.15) is 5.10 Å². The summed E-state index contributed by atoms with van der Waals surface area (Å²) in [5.74, 6) is 0.904. The van der Waals surface area contributed by atoms with Crippen LogP contribution in [0.1, 0.15) is 52.1 Å². The van der Waals surface area contributed by atoms with E-state index < -0.39 is 0 Å². The second kappa shape index (κ2) is 5.87. The van der Waals surface area contributed by atoms with Gasteiger partial charge in [-0.1, -0.05) is 20.8 Å². The summed E-state index contributed by atoms with van der Waals surface area (Å²) in [5, 5.41) is 15.5. The lowest BCUT2D eigenvalue weighted by Crippen LogP contribution is -2.35. The fourth-order valence-electron chi connectivity index (χ4n) is 2.54. The molecule has 1 heterocycles. The Morgan fingerprint density at radius 2 is 1.63 bits per heavy atom. The van der Waals surface area contributed by atoms with Crippen LogP contribution >= 0.6 is 0 Å². The van der Waals surface area contributed by atoms with Crippen LogP contribution in [0.2, 0.25) is 0 Å². The third-order valence-corrected chi connectivity index (χ3v) is 3.92. The molecule has 0 aliphatic heterocycles. The largest absolute Gasteiger partial charge is 0.366 e. The molecule has 1 aromatic rings. The van der Waals surface area contributed by atoms with E-state index in [1.807, 2.05) is 0 Å². The smallest absolute Gasteiger partial charge is 0.148 e. The first-order valence-electron chi connectivity index (χ1n) is 7.27. The Labute approximate surface area is 116 Å². The summed E-state index contributed by atoms with van der Waals surface area (Å²) in [5.41, 5.74) is 1.10. The van der Waals surface area contributed by atoms with Gasteiger partial charge < -0.3 is 10.6 Å². The zero-order valence-corrected chi connectivity index (χ0v) is 12.5. The first-order valence-corrected chi connectivity index (χ1v) is 7.27. The van der Waals surface area contributed by atoms with Gasteiger partial charge in [0, 0.05) is 17.5 Å². The van der Waals surface area contributed by atoms with Gasteiger partial charge in [0.1, 0.15) is 5.82 Å². The van der Waals surface area contributed by atoms with Crippen LogP contribution in [0.5, 0.6) is 0 Å². The molecule has 0 radical (unpaired) electrons. The molecule has 1 aromatic heterocycles. The Kier molecular flexibility index (Phi) is 4.40. The van der Waals surface area contributed by atoms with Crippen LogP contribution in [0.15, 0.2) is 12.1 Å². The van der Waals surface area contributed by atoms with Crippen molar-refractivity contribution < 1.29 is 0 Å². The SMILES string of the molecule is CNC1CCC(Nc2ccc(C(C)(C)C)nn2)CC1. The predicted molar refractivity (Wildman–Crippen MR) is 79.5 cm³/mol. The molecule has 0 saturated heterocycles. The molecule has 0 bridgehead atoms. The highest BCUT2D eigenvalue weighted by atomic mass is 15.2. The molecule has 0 aromatic carbocycles. The van der Waals surface area contributed by atoms with Crippen LogP contribution in [0.4, 0.5) is 5.82 Å². The summed E-state index contributed by atoms with van der Waals surface area (Å²) < 4.78 is 0. The third kappa shape index (κ3) is 3.90. The molecule has 0 amide bonds. The van der Waals surface area contributed by atoms with Crippen molar-refractivity contribution >= 4 is 5.82 Å². The van der Waals surface area contributed by atoms with Gasteiger partial charge in [-0.05, 0) is 44.9 Å². The molecule has 1 fully saturated rings. The lowest BCUT2D eigenvalue weighted by atomic mass is 9.91. The average Bonchev–Trinajstić information content (AvgIpc) is 2.39. The molecule has 1 saturated carbocycles. The van der Waals surface area contributed by atoms with Crippen molar-refractivity contribution in [1.29, 1.82) is 0 Å². The summed E-state index contributed by atoms with van der Waals surface area (Å²) >= 11 is 0. The molecule has 19 heavy (non-hydrogen) atoms. The summed E-state index contributed by atoms with van der Waals surface area (Å²) in [6, 6.07) is 5.36. The lowest BCUT2D eigenvalue weighted by molar-refractivity contribution is 0.371. The van der Waals surface area contributed by atoms with E-state index in [-0.39, 0.29) is 5.41 Å². The standard InChI is InChI=1S/C15H26N4/c1-15(2,3)13-9-10-14(19-18-13)17-12-7-5-11(16-4)6-8-12/h9-12,16H,5-8H2,1-4H3,(H,17,19). The van der Waals surface area contributed by atoms with E-state index >= 15 is 0 Å². The van der Waals surface area contributed by atoms with Crippen molar-refractivity contribution in [3.05, 3.63) is 17.8 Å². The zero-order chi connectivity index (χ0) is 13.9. The number of hydrogen-bond acceptors (Lipinski definition) is 4.